The van der Waals surface area contributed by atoms with Crippen molar-refractivity contribution in [2.75, 3.05) is 5.32 Å². The molecule has 0 bridgehead atoms. The highest BCUT2D eigenvalue weighted by Gasteiger charge is 2.01. The Morgan fingerprint density at radius 1 is 1.10 bits per heavy atom. The molecule has 0 fully saturated rings. The molecule has 0 heterocycles. The maximum absolute atomic E-state index is 12.0. The van der Waals surface area contributed by atoms with E-state index in [1.165, 1.54) is 11.1 Å². The highest BCUT2D eigenvalue weighted by Crippen LogP contribution is 2.18. The van der Waals surface area contributed by atoms with Crippen LogP contribution in [0.2, 0.25) is 0 Å². The molecule has 2 rings (SSSR count). The predicted molar refractivity (Wildman–Crippen MR) is 87.2 cm³/mol. The van der Waals surface area contributed by atoms with Crippen LogP contribution in [0.4, 0.5) is 5.69 Å². The predicted octanol–water partition coefficient (Wildman–Crippen LogP) is 4.87. The molecule has 0 unspecified atom stereocenters. The van der Waals surface area contributed by atoms with E-state index in [4.69, 9.17) is 0 Å². The van der Waals surface area contributed by atoms with Gasteiger partial charge in [0, 0.05) is 28.0 Å². The van der Waals surface area contributed by atoms with Gasteiger partial charge in [-0.15, -0.1) is 0 Å². The summed E-state index contributed by atoms with van der Waals surface area (Å²) < 4.78 is 0.964. The Bertz CT molecular complexity index is 645. The van der Waals surface area contributed by atoms with E-state index in [9.17, 15) is 4.79 Å². The summed E-state index contributed by atoms with van der Waals surface area (Å²) in [6, 6.07) is 13.4. The molecule has 2 nitrogen and oxygen atoms in total. The summed E-state index contributed by atoms with van der Waals surface area (Å²) in [7, 11) is 0. The molecule has 20 heavy (non-hydrogen) atoms. The van der Waals surface area contributed by atoms with Crippen molar-refractivity contribution in [1.82, 2.24) is 0 Å². The molecule has 0 saturated carbocycles. The number of hydrogen-bond donors (Lipinski definition) is 1. The molecule has 0 amide bonds. The number of halogens is 1. The van der Waals surface area contributed by atoms with E-state index < -0.39 is 0 Å². The van der Waals surface area contributed by atoms with Gasteiger partial charge in [-0.3, -0.25) is 4.79 Å². The highest BCUT2D eigenvalue weighted by molar-refractivity contribution is 9.10. The zero-order valence-corrected chi connectivity index (χ0v) is 13.1. The molecule has 0 aromatic heterocycles. The summed E-state index contributed by atoms with van der Waals surface area (Å²) in [5.74, 6) is -0.0182. The number of nitrogens with one attached hydrogen (secondary N) is 1. The Morgan fingerprint density at radius 3 is 2.50 bits per heavy atom. The minimum atomic E-state index is -0.0182. The normalized spacial score (nSPS) is 10.8. The van der Waals surface area contributed by atoms with E-state index >= 15 is 0 Å². The zero-order valence-electron chi connectivity index (χ0n) is 11.5. The van der Waals surface area contributed by atoms with E-state index in [-0.39, 0.29) is 5.78 Å². The number of ketones is 1. The molecule has 0 aliphatic carbocycles. The maximum Gasteiger partial charge on any atom is 0.187 e. The number of carbonyl (C=O) groups is 1. The average Bonchev–Trinajstić information content (AvgIpc) is 2.44. The van der Waals surface area contributed by atoms with Crippen molar-refractivity contribution in [3.05, 3.63) is 75.9 Å². The molecule has 0 aliphatic rings. The summed E-state index contributed by atoms with van der Waals surface area (Å²) >= 11 is 3.35. The molecule has 0 spiro atoms. The van der Waals surface area contributed by atoms with Crippen LogP contribution >= 0.6 is 15.9 Å². The van der Waals surface area contributed by atoms with Crippen molar-refractivity contribution < 1.29 is 4.79 Å². The molecule has 2 aromatic rings. The quantitative estimate of drug-likeness (QED) is 0.640. The summed E-state index contributed by atoms with van der Waals surface area (Å²) in [6.45, 7) is 4.12. The van der Waals surface area contributed by atoms with Crippen LogP contribution in [0.3, 0.4) is 0 Å². The fourth-order valence-corrected chi connectivity index (χ4v) is 2.09. The summed E-state index contributed by atoms with van der Waals surface area (Å²) in [5.41, 5.74) is 4.10. The Labute approximate surface area is 127 Å². The van der Waals surface area contributed by atoms with E-state index in [1.54, 1.807) is 24.4 Å². The van der Waals surface area contributed by atoms with Crippen LogP contribution < -0.4 is 5.32 Å². The fourth-order valence-electron chi connectivity index (χ4n) is 1.82. The Hall–Kier alpha value is -1.87. The third-order valence-electron chi connectivity index (χ3n) is 3.21. The molecule has 102 valence electrons. The van der Waals surface area contributed by atoms with E-state index in [1.807, 2.05) is 24.3 Å². The third kappa shape index (κ3) is 3.58. The third-order valence-corrected chi connectivity index (χ3v) is 3.74. The van der Waals surface area contributed by atoms with Crippen LogP contribution in [0, 0.1) is 13.8 Å². The molecule has 3 heteroatoms. The number of anilines is 1. The number of allylic oxidation sites excluding steroid dienone is 1. The topological polar surface area (TPSA) is 29.1 Å². The van der Waals surface area contributed by atoms with Gasteiger partial charge in [0.1, 0.15) is 0 Å². The SMILES string of the molecule is Cc1cccc(NC=CC(=O)c2ccc(Br)cc2)c1C. The Morgan fingerprint density at radius 2 is 1.80 bits per heavy atom. The first-order valence-electron chi connectivity index (χ1n) is 6.37. The van der Waals surface area contributed by atoms with Gasteiger partial charge in [0.25, 0.3) is 0 Å². The number of aryl methyl sites for hydroxylation is 1. The Balaban J connectivity index is 2.05. The summed E-state index contributed by atoms with van der Waals surface area (Å²) in [4.78, 5) is 12.0. The molecular weight excluding hydrogens is 314 g/mol. The van der Waals surface area contributed by atoms with Gasteiger partial charge in [-0.25, -0.2) is 0 Å². The summed E-state index contributed by atoms with van der Waals surface area (Å²) in [5, 5.41) is 3.16. The average molecular weight is 330 g/mol. The van der Waals surface area contributed by atoms with Crippen molar-refractivity contribution in [2.45, 2.75) is 13.8 Å². The molecule has 0 aliphatic heterocycles. The lowest BCUT2D eigenvalue weighted by Crippen LogP contribution is -1.97. The van der Waals surface area contributed by atoms with Crippen molar-refractivity contribution in [1.29, 1.82) is 0 Å². The van der Waals surface area contributed by atoms with Crippen LogP contribution in [0.5, 0.6) is 0 Å². The van der Waals surface area contributed by atoms with Crippen LogP contribution in [-0.4, -0.2) is 5.78 Å². The molecule has 0 atom stereocenters. The van der Waals surface area contributed by atoms with Crippen LogP contribution in [0.15, 0.2) is 59.2 Å². The summed E-state index contributed by atoms with van der Waals surface area (Å²) in [6.07, 6.45) is 3.23. The molecule has 0 radical (unpaired) electrons. The first-order valence-corrected chi connectivity index (χ1v) is 7.16. The van der Waals surface area contributed by atoms with Gasteiger partial charge < -0.3 is 5.32 Å². The molecule has 0 saturated heterocycles. The second-order valence-electron chi connectivity index (χ2n) is 4.60. The number of carbonyl (C=O) groups excluding carboxylic acids is 1. The van der Waals surface area contributed by atoms with Crippen molar-refractivity contribution in [2.24, 2.45) is 0 Å². The first-order chi connectivity index (χ1) is 9.58. The minimum Gasteiger partial charge on any atom is -0.361 e. The largest absolute Gasteiger partial charge is 0.361 e. The number of hydrogen-bond acceptors (Lipinski definition) is 2. The van der Waals surface area contributed by atoms with E-state index in [0.717, 1.165) is 10.2 Å². The smallest absolute Gasteiger partial charge is 0.187 e. The van der Waals surface area contributed by atoms with Crippen LogP contribution in [0.1, 0.15) is 21.5 Å². The monoisotopic (exact) mass is 329 g/mol. The van der Waals surface area contributed by atoms with Crippen molar-refractivity contribution in [3.63, 3.8) is 0 Å². The van der Waals surface area contributed by atoms with Gasteiger partial charge in [0.15, 0.2) is 5.78 Å². The Kier molecular flexibility index (Phi) is 4.74. The lowest BCUT2D eigenvalue weighted by Gasteiger charge is -2.07. The lowest BCUT2D eigenvalue weighted by molar-refractivity contribution is 0.104. The standard InChI is InChI=1S/C17H16BrNO/c1-12-4-3-5-16(13(12)2)19-11-10-17(20)14-6-8-15(18)9-7-14/h3-11,19H,1-2H3. The minimum absolute atomic E-state index is 0.0182. The second-order valence-corrected chi connectivity index (χ2v) is 5.51. The number of rotatable bonds is 4. The number of benzene rings is 2. The van der Waals surface area contributed by atoms with Gasteiger partial charge in [-0.1, -0.05) is 28.1 Å². The van der Waals surface area contributed by atoms with E-state index in [0.29, 0.717) is 5.56 Å². The van der Waals surface area contributed by atoms with Crippen LogP contribution in [-0.2, 0) is 0 Å². The molecule has 2 aromatic carbocycles. The van der Waals surface area contributed by atoms with E-state index in [2.05, 4.69) is 41.2 Å². The first kappa shape index (κ1) is 14.5. The lowest BCUT2D eigenvalue weighted by atomic mass is 10.1. The maximum atomic E-state index is 12.0. The van der Waals surface area contributed by atoms with Gasteiger partial charge in [-0.2, -0.15) is 0 Å². The molecular formula is C17H16BrNO. The highest BCUT2D eigenvalue weighted by atomic mass is 79.9. The molecule has 1 N–H and O–H groups in total. The van der Waals surface area contributed by atoms with Crippen molar-refractivity contribution >= 4 is 27.4 Å². The van der Waals surface area contributed by atoms with Gasteiger partial charge in [-0.05, 0) is 55.3 Å². The van der Waals surface area contributed by atoms with Gasteiger partial charge in [0.05, 0.1) is 0 Å². The zero-order chi connectivity index (χ0) is 14.5. The van der Waals surface area contributed by atoms with Gasteiger partial charge in [0.2, 0.25) is 0 Å². The second kappa shape index (κ2) is 6.53. The van der Waals surface area contributed by atoms with Gasteiger partial charge >= 0.3 is 0 Å². The fraction of sp³-hybridized carbons (Fsp3) is 0.118. The van der Waals surface area contributed by atoms with Crippen LogP contribution in [0.25, 0.3) is 0 Å². The van der Waals surface area contributed by atoms with Crippen molar-refractivity contribution in [3.8, 4) is 0 Å².